The standard InChI is InChI=1S/C13H19N3/c1-4-6-13(3,5-2)10-7-11-12(14-8-10)16-9-15-11/h7-9H,4-6H2,1-3H3,(H,14,15,16). The summed E-state index contributed by atoms with van der Waals surface area (Å²) in [6, 6.07) is 2.19. The largest absolute Gasteiger partial charge is 0.343 e. The van der Waals surface area contributed by atoms with E-state index in [1.54, 1.807) is 6.33 Å². The first kappa shape index (κ1) is 11.1. The van der Waals surface area contributed by atoms with Crippen LogP contribution in [-0.4, -0.2) is 15.0 Å². The van der Waals surface area contributed by atoms with E-state index in [9.17, 15) is 0 Å². The van der Waals surface area contributed by atoms with Gasteiger partial charge in [0.15, 0.2) is 5.65 Å². The molecule has 1 atom stereocenters. The Kier molecular flexibility index (Phi) is 2.95. The van der Waals surface area contributed by atoms with Gasteiger partial charge in [0.25, 0.3) is 0 Å². The second kappa shape index (κ2) is 4.24. The molecule has 0 saturated heterocycles. The van der Waals surface area contributed by atoms with Crippen molar-refractivity contribution in [2.45, 2.75) is 45.4 Å². The summed E-state index contributed by atoms with van der Waals surface area (Å²) < 4.78 is 0. The SMILES string of the molecule is CCCC(C)(CC)c1cnc2nc[nH]c2c1. The molecule has 16 heavy (non-hydrogen) atoms. The second-order valence-electron chi connectivity index (χ2n) is 4.66. The molecule has 0 radical (unpaired) electrons. The van der Waals surface area contributed by atoms with Crippen LogP contribution in [0.5, 0.6) is 0 Å². The lowest BCUT2D eigenvalue weighted by Crippen LogP contribution is -2.20. The van der Waals surface area contributed by atoms with Gasteiger partial charge >= 0.3 is 0 Å². The first-order valence-corrected chi connectivity index (χ1v) is 5.99. The van der Waals surface area contributed by atoms with Crippen LogP contribution in [0.2, 0.25) is 0 Å². The van der Waals surface area contributed by atoms with Crippen molar-refractivity contribution >= 4 is 11.2 Å². The molecule has 0 aliphatic heterocycles. The third-order valence-electron chi connectivity index (χ3n) is 3.55. The Bertz CT molecular complexity index is 475. The number of nitrogens with zero attached hydrogens (tertiary/aromatic N) is 2. The Morgan fingerprint density at radius 2 is 2.12 bits per heavy atom. The molecule has 0 aliphatic carbocycles. The zero-order chi connectivity index (χ0) is 11.6. The average Bonchev–Trinajstić information content (AvgIpc) is 2.76. The van der Waals surface area contributed by atoms with Gasteiger partial charge in [-0.15, -0.1) is 0 Å². The maximum Gasteiger partial charge on any atom is 0.177 e. The highest BCUT2D eigenvalue weighted by atomic mass is 14.9. The number of nitrogens with one attached hydrogen (secondary N) is 1. The molecule has 0 aromatic carbocycles. The number of aromatic amines is 1. The first-order chi connectivity index (χ1) is 7.69. The van der Waals surface area contributed by atoms with Gasteiger partial charge in [-0.3, -0.25) is 0 Å². The molecule has 1 unspecified atom stereocenters. The lowest BCUT2D eigenvalue weighted by atomic mass is 9.77. The van der Waals surface area contributed by atoms with Crippen molar-refractivity contribution in [2.75, 3.05) is 0 Å². The maximum atomic E-state index is 4.40. The summed E-state index contributed by atoms with van der Waals surface area (Å²) in [5.41, 5.74) is 3.39. The summed E-state index contributed by atoms with van der Waals surface area (Å²) in [5, 5.41) is 0. The molecule has 0 bridgehead atoms. The number of aromatic nitrogens is 3. The summed E-state index contributed by atoms with van der Waals surface area (Å²) in [5.74, 6) is 0. The van der Waals surface area contributed by atoms with Crippen LogP contribution in [0.25, 0.3) is 11.2 Å². The van der Waals surface area contributed by atoms with E-state index in [4.69, 9.17) is 0 Å². The van der Waals surface area contributed by atoms with Crippen molar-refractivity contribution in [3.63, 3.8) is 0 Å². The Balaban J connectivity index is 2.44. The topological polar surface area (TPSA) is 41.6 Å². The lowest BCUT2D eigenvalue weighted by Gasteiger charge is -2.28. The quantitative estimate of drug-likeness (QED) is 0.852. The molecule has 2 rings (SSSR count). The van der Waals surface area contributed by atoms with Crippen molar-refractivity contribution in [2.24, 2.45) is 0 Å². The third-order valence-corrected chi connectivity index (χ3v) is 3.55. The molecular formula is C13H19N3. The van der Waals surface area contributed by atoms with Crippen LogP contribution >= 0.6 is 0 Å². The fourth-order valence-corrected chi connectivity index (χ4v) is 2.24. The van der Waals surface area contributed by atoms with Crippen molar-refractivity contribution in [3.05, 3.63) is 24.2 Å². The van der Waals surface area contributed by atoms with E-state index in [1.807, 2.05) is 6.20 Å². The van der Waals surface area contributed by atoms with Crippen LogP contribution in [0.3, 0.4) is 0 Å². The number of hydrogen-bond acceptors (Lipinski definition) is 2. The molecule has 1 N–H and O–H groups in total. The summed E-state index contributed by atoms with van der Waals surface area (Å²) in [6.45, 7) is 6.79. The molecular weight excluding hydrogens is 198 g/mol. The lowest BCUT2D eigenvalue weighted by molar-refractivity contribution is 0.413. The van der Waals surface area contributed by atoms with Crippen molar-refractivity contribution < 1.29 is 0 Å². The summed E-state index contributed by atoms with van der Waals surface area (Å²) >= 11 is 0. The Morgan fingerprint density at radius 1 is 1.31 bits per heavy atom. The van der Waals surface area contributed by atoms with E-state index in [-0.39, 0.29) is 5.41 Å². The second-order valence-corrected chi connectivity index (χ2v) is 4.66. The highest BCUT2D eigenvalue weighted by Gasteiger charge is 2.24. The van der Waals surface area contributed by atoms with Crippen LogP contribution in [0.1, 0.15) is 45.6 Å². The summed E-state index contributed by atoms with van der Waals surface area (Å²) in [4.78, 5) is 11.7. The summed E-state index contributed by atoms with van der Waals surface area (Å²) in [7, 11) is 0. The van der Waals surface area contributed by atoms with Crippen molar-refractivity contribution in [3.8, 4) is 0 Å². The number of imidazole rings is 1. The Hall–Kier alpha value is -1.38. The number of pyridine rings is 1. The van der Waals surface area contributed by atoms with E-state index in [0.717, 1.165) is 17.6 Å². The normalized spacial score (nSPS) is 15.2. The zero-order valence-corrected chi connectivity index (χ0v) is 10.2. The number of H-pyrrole nitrogens is 1. The van der Waals surface area contributed by atoms with Crippen LogP contribution in [-0.2, 0) is 5.41 Å². The minimum absolute atomic E-state index is 0.237. The Labute approximate surface area is 96.3 Å². The van der Waals surface area contributed by atoms with Crippen molar-refractivity contribution in [1.29, 1.82) is 0 Å². The van der Waals surface area contributed by atoms with Gasteiger partial charge in [-0.05, 0) is 29.9 Å². The van der Waals surface area contributed by atoms with Crippen LogP contribution in [0, 0.1) is 0 Å². The molecule has 0 saturated carbocycles. The van der Waals surface area contributed by atoms with Crippen LogP contribution in [0.4, 0.5) is 0 Å². The zero-order valence-electron chi connectivity index (χ0n) is 10.2. The van der Waals surface area contributed by atoms with Gasteiger partial charge in [0.1, 0.15) is 0 Å². The van der Waals surface area contributed by atoms with E-state index >= 15 is 0 Å². The number of hydrogen-bond donors (Lipinski definition) is 1. The van der Waals surface area contributed by atoms with Gasteiger partial charge in [0.2, 0.25) is 0 Å². The van der Waals surface area contributed by atoms with E-state index in [2.05, 4.69) is 41.8 Å². The first-order valence-electron chi connectivity index (χ1n) is 5.99. The minimum atomic E-state index is 0.237. The number of rotatable bonds is 4. The van der Waals surface area contributed by atoms with Gasteiger partial charge in [0.05, 0.1) is 11.8 Å². The Morgan fingerprint density at radius 3 is 2.81 bits per heavy atom. The highest BCUT2D eigenvalue weighted by molar-refractivity contribution is 5.70. The predicted molar refractivity (Wildman–Crippen MR) is 66.4 cm³/mol. The van der Waals surface area contributed by atoms with Gasteiger partial charge in [0, 0.05) is 6.20 Å². The molecule has 2 aromatic rings. The van der Waals surface area contributed by atoms with Crippen molar-refractivity contribution in [1.82, 2.24) is 15.0 Å². The molecule has 2 heterocycles. The molecule has 0 aliphatic rings. The van der Waals surface area contributed by atoms with Gasteiger partial charge in [-0.25, -0.2) is 9.97 Å². The van der Waals surface area contributed by atoms with Gasteiger partial charge < -0.3 is 4.98 Å². The van der Waals surface area contributed by atoms with Gasteiger partial charge in [-0.1, -0.05) is 27.2 Å². The summed E-state index contributed by atoms with van der Waals surface area (Å²) in [6.07, 6.45) is 7.21. The fourth-order valence-electron chi connectivity index (χ4n) is 2.24. The monoisotopic (exact) mass is 217 g/mol. The molecule has 3 heteroatoms. The molecule has 0 fully saturated rings. The van der Waals surface area contributed by atoms with E-state index < -0.39 is 0 Å². The molecule has 0 spiro atoms. The van der Waals surface area contributed by atoms with Crippen LogP contribution < -0.4 is 0 Å². The fraction of sp³-hybridized carbons (Fsp3) is 0.538. The highest BCUT2D eigenvalue weighted by Crippen LogP contribution is 2.32. The minimum Gasteiger partial charge on any atom is -0.343 e. The van der Waals surface area contributed by atoms with E-state index in [1.165, 1.54) is 18.4 Å². The molecule has 86 valence electrons. The third kappa shape index (κ3) is 1.82. The maximum absolute atomic E-state index is 4.40. The molecule has 3 nitrogen and oxygen atoms in total. The van der Waals surface area contributed by atoms with E-state index in [0.29, 0.717) is 0 Å². The molecule has 0 amide bonds. The molecule has 2 aromatic heterocycles. The van der Waals surface area contributed by atoms with Gasteiger partial charge in [-0.2, -0.15) is 0 Å². The average molecular weight is 217 g/mol. The number of fused-ring (bicyclic) bond motifs is 1. The smallest absolute Gasteiger partial charge is 0.177 e. The van der Waals surface area contributed by atoms with Crippen LogP contribution in [0.15, 0.2) is 18.6 Å². The predicted octanol–water partition coefficient (Wildman–Crippen LogP) is 3.43.